The second-order valence-corrected chi connectivity index (χ2v) is 9.20. The standard InChI is InChI=1S/C25H27ClFN3O2/c1-31-23-12-22-19(13-28-25(29-22)16-6-7-21(27)20(26)10-16)11-24(23)32-9-3-8-30-14-17-4-2-5-18(17)15-30/h6-7,10-13,17-18H,2-5,8-9,14-15H2,1H3. The highest BCUT2D eigenvalue weighted by Crippen LogP contribution is 2.38. The first-order chi connectivity index (χ1) is 15.6. The molecular weight excluding hydrogens is 429 g/mol. The third-order valence-corrected chi connectivity index (χ3v) is 7.01. The molecule has 1 aliphatic heterocycles. The van der Waals surface area contributed by atoms with Crippen LogP contribution in [0, 0.1) is 17.7 Å². The molecule has 5 rings (SSSR count). The van der Waals surface area contributed by atoms with Gasteiger partial charge in [-0.2, -0.15) is 0 Å². The summed E-state index contributed by atoms with van der Waals surface area (Å²) in [6.45, 7) is 4.22. The fourth-order valence-corrected chi connectivity index (χ4v) is 5.25. The maximum Gasteiger partial charge on any atom is 0.162 e. The topological polar surface area (TPSA) is 47.5 Å². The molecule has 1 saturated heterocycles. The summed E-state index contributed by atoms with van der Waals surface area (Å²) in [6, 6.07) is 8.22. The van der Waals surface area contributed by atoms with Crippen molar-refractivity contribution in [2.75, 3.05) is 33.4 Å². The van der Waals surface area contributed by atoms with Crippen LogP contribution in [0.3, 0.4) is 0 Å². The van der Waals surface area contributed by atoms with Crippen molar-refractivity contribution in [2.24, 2.45) is 11.8 Å². The summed E-state index contributed by atoms with van der Waals surface area (Å²) < 4.78 is 25.1. The van der Waals surface area contributed by atoms with E-state index in [0.29, 0.717) is 29.5 Å². The maximum atomic E-state index is 13.5. The lowest BCUT2D eigenvalue weighted by molar-refractivity contribution is 0.246. The zero-order valence-corrected chi connectivity index (χ0v) is 18.9. The van der Waals surface area contributed by atoms with Crippen molar-refractivity contribution in [3.63, 3.8) is 0 Å². The van der Waals surface area contributed by atoms with Crippen molar-refractivity contribution in [3.05, 3.63) is 47.4 Å². The SMILES string of the molecule is COc1cc2nc(-c3ccc(F)c(Cl)c3)ncc2cc1OCCCN1CC2CCCC2C1. The monoisotopic (exact) mass is 455 g/mol. The number of nitrogens with zero attached hydrogens (tertiary/aromatic N) is 3. The van der Waals surface area contributed by atoms with Gasteiger partial charge in [-0.25, -0.2) is 14.4 Å². The highest BCUT2D eigenvalue weighted by molar-refractivity contribution is 6.31. The van der Waals surface area contributed by atoms with Crippen LogP contribution >= 0.6 is 11.6 Å². The molecule has 5 nitrogen and oxygen atoms in total. The van der Waals surface area contributed by atoms with Gasteiger partial charge < -0.3 is 14.4 Å². The zero-order valence-electron chi connectivity index (χ0n) is 18.2. The summed E-state index contributed by atoms with van der Waals surface area (Å²) in [6.07, 6.45) is 6.95. The van der Waals surface area contributed by atoms with Crippen LogP contribution in [0.15, 0.2) is 36.5 Å². The summed E-state index contributed by atoms with van der Waals surface area (Å²) in [5.41, 5.74) is 1.38. The first-order valence-electron chi connectivity index (χ1n) is 11.3. The number of methoxy groups -OCH3 is 1. The van der Waals surface area contributed by atoms with Crippen LogP contribution < -0.4 is 9.47 Å². The second kappa shape index (κ2) is 9.20. The highest BCUT2D eigenvalue weighted by atomic mass is 35.5. The van der Waals surface area contributed by atoms with E-state index in [2.05, 4.69) is 14.9 Å². The number of halogens is 2. The Balaban J connectivity index is 1.25. The molecule has 0 N–H and O–H groups in total. The summed E-state index contributed by atoms with van der Waals surface area (Å²) in [5, 5.41) is 0.898. The minimum absolute atomic E-state index is 0.0460. The number of fused-ring (bicyclic) bond motifs is 2. The Labute approximate surface area is 192 Å². The van der Waals surface area contributed by atoms with Gasteiger partial charge in [0.25, 0.3) is 0 Å². The van der Waals surface area contributed by atoms with Gasteiger partial charge in [0, 0.05) is 42.8 Å². The number of likely N-dealkylation sites (tertiary alicyclic amines) is 1. The molecule has 1 saturated carbocycles. The lowest BCUT2D eigenvalue weighted by Crippen LogP contribution is -2.24. The first kappa shape index (κ1) is 21.4. The van der Waals surface area contributed by atoms with E-state index in [9.17, 15) is 4.39 Å². The predicted octanol–water partition coefficient (Wildman–Crippen LogP) is 5.60. The average molecular weight is 456 g/mol. The van der Waals surface area contributed by atoms with Gasteiger partial charge in [-0.05, 0) is 55.4 Å². The maximum absolute atomic E-state index is 13.5. The van der Waals surface area contributed by atoms with Crippen LogP contribution in [0.25, 0.3) is 22.3 Å². The molecule has 2 heterocycles. The molecule has 0 radical (unpaired) electrons. The van der Waals surface area contributed by atoms with Gasteiger partial charge in [0.2, 0.25) is 0 Å². The van der Waals surface area contributed by atoms with Crippen molar-refractivity contribution in [1.82, 2.24) is 14.9 Å². The van der Waals surface area contributed by atoms with E-state index >= 15 is 0 Å². The molecule has 0 amide bonds. The van der Waals surface area contributed by atoms with Crippen LogP contribution in [-0.4, -0.2) is 48.2 Å². The molecule has 3 aromatic rings. The van der Waals surface area contributed by atoms with E-state index in [1.54, 1.807) is 19.4 Å². The third kappa shape index (κ3) is 4.39. The summed E-state index contributed by atoms with van der Waals surface area (Å²) in [4.78, 5) is 11.6. The van der Waals surface area contributed by atoms with Crippen molar-refractivity contribution in [1.29, 1.82) is 0 Å². The third-order valence-electron chi connectivity index (χ3n) is 6.72. The van der Waals surface area contributed by atoms with E-state index in [1.165, 1.54) is 44.5 Å². The quantitative estimate of drug-likeness (QED) is 0.434. The van der Waals surface area contributed by atoms with Crippen molar-refractivity contribution < 1.29 is 13.9 Å². The largest absolute Gasteiger partial charge is 0.493 e. The number of aromatic nitrogens is 2. The van der Waals surface area contributed by atoms with Crippen LogP contribution in [-0.2, 0) is 0 Å². The van der Waals surface area contributed by atoms with Gasteiger partial charge in [0.1, 0.15) is 5.82 Å². The lowest BCUT2D eigenvalue weighted by Gasteiger charge is -2.17. The Kier molecular flexibility index (Phi) is 6.15. The fraction of sp³-hybridized carbons (Fsp3) is 0.440. The highest BCUT2D eigenvalue weighted by Gasteiger charge is 2.35. The number of rotatable bonds is 7. The molecule has 32 heavy (non-hydrogen) atoms. The van der Waals surface area contributed by atoms with E-state index in [0.717, 1.165) is 35.7 Å². The molecule has 2 aliphatic rings. The molecule has 2 fully saturated rings. The van der Waals surface area contributed by atoms with Crippen molar-refractivity contribution in [2.45, 2.75) is 25.7 Å². The fourth-order valence-electron chi connectivity index (χ4n) is 5.07. The van der Waals surface area contributed by atoms with Crippen molar-refractivity contribution >= 4 is 22.5 Å². The van der Waals surface area contributed by atoms with Crippen LogP contribution in [0.5, 0.6) is 11.5 Å². The minimum atomic E-state index is -0.466. The van der Waals surface area contributed by atoms with Crippen LogP contribution in [0.2, 0.25) is 5.02 Å². The second-order valence-electron chi connectivity index (χ2n) is 8.80. The molecule has 0 spiro atoms. The van der Waals surface area contributed by atoms with E-state index in [1.807, 2.05) is 12.1 Å². The van der Waals surface area contributed by atoms with E-state index < -0.39 is 5.82 Å². The van der Waals surface area contributed by atoms with Gasteiger partial charge in [-0.15, -0.1) is 0 Å². The molecule has 2 unspecified atom stereocenters. The summed E-state index contributed by atoms with van der Waals surface area (Å²) in [5.74, 6) is 3.19. The molecule has 2 aromatic carbocycles. The normalized spacial score (nSPS) is 20.6. The number of hydrogen-bond donors (Lipinski definition) is 0. The average Bonchev–Trinajstić information content (AvgIpc) is 3.39. The van der Waals surface area contributed by atoms with Gasteiger partial charge >= 0.3 is 0 Å². The van der Waals surface area contributed by atoms with Gasteiger partial charge in [0.15, 0.2) is 17.3 Å². The van der Waals surface area contributed by atoms with Crippen LogP contribution in [0.4, 0.5) is 4.39 Å². The smallest absolute Gasteiger partial charge is 0.162 e. The summed E-state index contributed by atoms with van der Waals surface area (Å²) in [7, 11) is 1.62. The minimum Gasteiger partial charge on any atom is -0.493 e. The molecule has 168 valence electrons. The lowest BCUT2D eigenvalue weighted by atomic mass is 10.0. The number of hydrogen-bond acceptors (Lipinski definition) is 5. The van der Waals surface area contributed by atoms with E-state index in [-0.39, 0.29) is 5.02 Å². The summed E-state index contributed by atoms with van der Waals surface area (Å²) >= 11 is 5.91. The molecular formula is C25H27ClFN3O2. The molecule has 1 aliphatic carbocycles. The Morgan fingerprint density at radius 3 is 2.69 bits per heavy atom. The van der Waals surface area contributed by atoms with Gasteiger partial charge in [-0.1, -0.05) is 18.0 Å². The predicted molar refractivity (Wildman–Crippen MR) is 124 cm³/mol. The van der Waals surface area contributed by atoms with Gasteiger partial charge in [0.05, 0.1) is 24.3 Å². The number of ether oxygens (including phenoxy) is 2. The Morgan fingerprint density at radius 2 is 1.94 bits per heavy atom. The van der Waals surface area contributed by atoms with Crippen molar-refractivity contribution in [3.8, 4) is 22.9 Å². The van der Waals surface area contributed by atoms with E-state index in [4.69, 9.17) is 21.1 Å². The van der Waals surface area contributed by atoms with Crippen LogP contribution in [0.1, 0.15) is 25.7 Å². The number of benzene rings is 2. The Morgan fingerprint density at radius 1 is 1.12 bits per heavy atom. The Bertz CT molecular complexity index is 1110. The molecule has 1 aromatic heterocycles. The molecule has 2 atom stereocenters. The zero-order chi connectivity index (χ0) is 22.1. The Hall–Kier alpha value is -2.44. The molecule has 7 heteroatoms. The van der Waals surface area contributed by atoms with Gasteiger partial charge in [-0.3, -0.25) is 0 Å². The molecule has 0 bridgehead atoms. The first-order valence-corrected chi connectivity index (χ1v) is 11.6.